The third kappa shape index (κ3) is 6.89. The highest BCUT2D eigenvalue weighted by Crippen LogP contribution is 2.38. The third-order valence-corrected chi connectivity index (χ3v) is 8.26. The van der Waals surface area contributed by atoms with Crippen molar-refractivity contribution in [1.29, 1.82) is 0 Å². The van der Waals surface area contributed by atoms with Gasteiger partial charge in [0.2, 0.25) is 0 Å². The fourth-order valence-corrected chi connectivity index (χ4v) is 6.14. The zero-order valence-electron chi connectivity index (χ0n) is 22.8. The van der Waals surface area contributed by atoms with Gasteiger partial charge in [-0.3, -0.25) is 9.80 Å². The summed E-state index contributed by atoms with van der Waals surface area (Å²) in [5.41, 5.74) is 1.01. The molecule has 3 nitrogen and oxygen atoms in total. The zero-order chi connectivity index (χ0) is 29.2. The molecular weight excluding hydrogens is 542 g/mol. The average Bonchev–Trinajstić information content (AvgIpc) is 2.96. The van der Waals surface area contributed by atoms with Crippen LogP contribution in [0.2, 0.25) is 0 Å². The molecule has 0 saturated carbocycles. The van der Waals surface area contributed by atoms with Gasteiger partial charge in [-0.2, -0.15) is 26.3 Å². The summed E-state index contributed by atoms with van der Waals surface area (Å²) in [6.45, 7) is 3.09. The van der Waals surface area contributed by atoms with Crippen molar-refractivity contribution < 1.29 is 31.1 Å². The SMILES string of the molecule is COc1ccccc1C([CH]Cc1cc(C(F)(F)F)cc(C(F)(F)F)c1)N1CCN(C2CCc3ccccc3C2)CC1. The molecular formula is C32H33F6N2O. The number of benzene rings is 3. The first kappa shape index (κ1) is 29.5. The van der Waals surface area contributed by atoms with E-state index in [9.17, 15) is 26.3 Å². The van der Waals surface area contributed by atoms with Crippen LogP contribution in [0.15, 0.2) is 66.7 Å². The largest absolute Gasteiger partial charge is 0.496 e. The van der Waals surface area contributed by atoms with Crippen LogP contribution in [-0.4, -0.2) is 49.1 Å². The first-order chi connectivity index (χ1) is 19.5. The second-order valence-corrected chi connectivity index (χ2v) is 10.8. The van der Waals surface area contributed by atoms with Crippen LogP contribution in [-0.2, 0) is 31.6 Å². The number of alkyl halides is 6. The van der Waals surface area contributed by atoms with Crippen LogP contribution in [0.25, 0.3) is 0 Å². The fraction of sp³-hybridized carbons (Fsp3) is 0.406. The second kappa shape index (κ2) is 12.1. The van der Waals surface area contributed by atoms with Gasteiger partial charge in [-0.1, -0.05) is 42.5 Å². The van der Waals surface area contributed by atoms with E-state index in [-0.39, 0.29) is 24.1 Å². The number of para-hydroxylation sites is 1. The van der Waals surface area contributed by atoms with E-state index >= 15 is 0 Å². The summed E-state index contributed by atoms with van der Waals surface area (Å²) in [5.74, 6) is 0.625. The summed E-state index contributed by atoms with van der Waals surface area (Å²) in [4.78, 5) is 4.75. The van der Waals surface area contributed by atoms with E-state index < -0.39 is 23.5 Å². The number of halogens is 6. The van der Waals surface area contributed by atoms with E-state index in [4.69, 9.17) is 4.74 Å². The monoisotopic (exact) mass is 575 g/mol. The van der Waals surface area contributed by atoms with Gasteiger partial charge in [-0.25, -0.2) is 0 Å². The van der Waals surface area contributed by atoms with Crippen molar-refractivity contribution in [2.24, 2.45) is 0 Å². The van der Waals surface area contributed by atoms with Crippen molar-refractivity contribution in [3.8, 4) is 5.75 Å². The maximum absolute atomic E-state index is 13.5. The molecule has 41 heavy (non-hydrogen) atoms. The number of fused-ring (bicyclic) bond motifs is 1. The van der Waals surface area contributed by atoms with E-state index in [2.05, 4.69) is 34.1 Å². The highest BCUT2D eigenvalue weighted by molar-refractivity contribution is 5.39. The van der Waals surface area contributed by atoms with Gasteiger partial charge in [0.25, 0.3) is 0 Å². The topological polar surface area (TPSA) is 15.7 Å². The normalized spacial score (nSPS) is 19.5. The number of hydrogen-bond acceptors (Lipinski definition) is 3. The lowest BCUT2D eigenvalue weighted by Crippen LogP contribution is -2.52. The van der Waals surface area contributed by atoms with Gasteiger partial charge in [0.15, 0.2) is 0 Å². The minimum Gasteiger partial charge on any atom is -0.496 e. The molecule has 219 valence electrons. The number of ether oxygens (including phenoxy) is 1. The van der Waals surface area contributed by atoms with Crippen molar-refractivity contribution in [2.75, 3.05) is 33.3 Å². The lowest BCUT2D eigenvalue weighted by Gasteiger charge is -2.44. The summed E-state index contributed by atoms with van der Waals surface area (Å²) < 4.78 is 86.3. The van der Waals surface area contributed by atoms with Gasteiger partial charge >= 0.3 is 12.4 Å². The number of hydrogen-bond donors (Lipinski definition) is 0. The van der Waals surface area contributed by atoms with Gasteiger partial charge in [0.05, 0.1) is 18.2 Å². The quantitative estimate of drug-likeness (QED) is 0.273. The van der Waals surface area contributed by atoms with Gasteiger partial charge in [0, 0.05) is 43.8 Å². The lowest BCUT2D eigenvalue weighted by atomic mass is 9.87. The molecule has 2 atom stereocenters. The molecule has 0 spiro atoms. The first-order valence-corrected chi connectivity index (χ1v) is 13.8. The van der Waals surface area contributed by atoms with Crippen LogP contribution in [0.3, 0.4) is 0 Å². The number of methoxy groups -OCH3 is 1. The Kier molecular flexibility index (Phi) is 8.66. The van der Waals surface area contributed by atoms with Crippen molar-refractivity contribution in [2.45, 2.75) is 50.1 Å². The third-order valence-electron chi connectivity index (χ3n) is 8.26. The first-order valence-electron chi connectivity index (χ1n) is 13.8. The van der Waals surface area contributed by atoms with Gasteiger partial charge in [0.1, 0.15) is 5.75 Å². The molecule has 2 aliphatic rings. The molecule has 1 aliphatic heterocycles. The van der Waals surface area contributed by atoms with Crippen LogP contribution in [0.4, 0.5) is 26.3 Å². The molecule has 0 bridgehead atoms. The average molecular weight is 576 g/mol. The molecule has 1 heterocycles. The molecule has 2 unspecified atom stereocenters. The van der Waals surface area contributed by atoms with Gasteiger partial charge in [-0.15, -0.1) is 0 Å². The van der Waals surface area contributed by atoms with Crippen LogP contribution < -0.4 is 4.74 Å². The molecule has 3 aromatic carbocycles. The molecule has 1 fully saturated rings. The van der Waals surface area contributed by atoms with Gasteiger partial charge in [-0.05, 0) is 73.1 Å². The summed E-state index contributed by atoms with van der Waals surface area (Å²) in [6, 6.07) is 17.9. The molecule has 1 saturated heterocycles. The number of rotatable bonds is 7. The predicted octanol–water partition coefficient (Wildman–Crippen LogP) is 7.40. The molecule has 1 aliphatic carbocycles. The van der Waals surface area contributed by atoms with Crippen LogP contribution >= 0.6 is 0 Å². The predicted molar refractivity (Wildman–Crippen MR) is 146 cm³/mol. The van der Waals surface area contributed by atoms with Crippen molar-refractivity contribution in [3.63, 3.8) is 0 Å². The van der Waals surface area contributed by atoms with E-state index in [1.807, 2.05) is 24.3 Å². The molecule has 0 aromatic heterocycles. The van der Waals surface area contributed by atoms with E-state index in [0.29, 0.717) is 24.9 Å². The Balaban J connectivity index is 1.34. The Labute approximate surface area is 236 Å². The molecule has 3 aromatic rings. The Morgan fingerprint density at radius 1 is 0.829 bits per heavy atom. The van der Waals surface area contributed by atoms with Crippen molar-refractivity contribution in [1.82, 2.24) is 9.80 Å². The molecule has 0 amide bonds. The van der Waals surface area contributed by atoms with Crippen LogP contribution in [0.1, 0.15) is 45.8 Å². The standard InChI is InChI=1S/C32H33F6N2O/c1-41-30-9-5-4-8-28(30)29(13-10-22-18-25(31(33,34)35)21-26(19-22)32(36,37)38)40-16-14-39(15-17-40)27-12-11-23-6-2-3-7-24(23)20-27/h2-9,13,18-19,21,27,29H,10-12,14-17,20H2,1H3. The maximum Gasteiger partial charge on any atom is 0.416 e. The highest BCUT2D eigenvalue weighted by atomic mass is 19.4. The Hall–Kier alpha value is -3.04. The highest BCUT2D eigenvalue weighted by Gasteiger charge is 2.37. The summed E-state index contributed by atoms with van der Waals surface area (Å²) in [7, 11) is 1.55. The van der Waals surface area contributed by atoms with Crippen LogP contribution in [0.5, 0.6) is 5.75 Å². The Morgan fingerprint density at radius 3 is 2.07 bits per heavy atom. The Morgan fingerprint density at radius 2 is 1.44 bits per heavy atom. The lowest BCUT2D eigenvalue weighted by molar-refractivity contribution is -0.143. The van der Waals surface area contributed by atoms with E-state index in [1.54, 1.807) is 13.5 Å². The Bertz CT molecular complexity index is 1300. The number of aryl methyl sites for hydroxylation is 1. The number of piperazine rings is 1. The smallest absolute Gasteiger partial charge is 0.416 e. The van der Waals surface area contributed by atoms with Crippen molar-refractivity contribution >= 4 is 0 Å². The summed E-state index contributed by atoms with van der Waals surface area (Å²) in [5, 5.41) is 0. The maximum atomic E-state index is 13.5. The number of nitrogens with zero attached hydrogens (tertiary/aromatic N) is 2. The fourth-order valence-electron chi connectivity index (χ4n) is 6.14. The van der Waals surface area contributed by atoms with E-state index in [0.717, 1.165) is 50.0 Å². The minimum atomic E-state index is -4.88. The van der Waals surface area contributed by atoms with E-state index in [1.165, 1.54) is 11.1 Å². The van der Waals surface area contributed by atoms with Crippen molar-refractivity contribution in [3.05, 3.63) is 107 Å². The minimum absolute atomic E-state index is 0.0356. The molecule has 9 heteroatoms. The van der Waals surface area contributed by atoms with Crippen LogP contribution in [0, 0.1) is 6.42 Å². The molecule has 0 N–H and O–H groups in total. The van der Waals surface area contributed by atoms with Gasteiger partial charge < -0.3 is 4.74 Å². The molecule has 5 rings (SSSR count). The molecule has 1 radical (unpaired) electrons. The second-order valence-electron chi connectivity index (χ2n) is 10.8. The summed E-state index contributed by atoms with van der Waals surface area (Å²) >= 11 is 0. The zero-order valence-corrected chi connectivity index (χ0v) is 22.8. The summed E-state index contributed by atoms with van der Waals surface area (Å²) in [6.07, 6.45) is -4.86.